The van der Waals surface area contributed by atoms with E-state index >= 15 is 0 Å². The maximum absolute atomic E-state index is 9.01. The number of piperidine rings is 1. The fourth-order valence-corrected chi connectivity index (χ4v) is 10.8. The van der Waals surface area contributed by atoms with E-state index in [9.17, 15) is 0 Å². The van der Waals surface area contributed by atoms with Crippen LogP contribution in [-0.4, -0.2) is 82.1 Å². The van der Waals surface area contributed by atoms with Crippen LogP contribution in [0.5, 0.6) is 0 Å². The molecule has 8 heteroatoms. The molecular formula is C24H43ClIN5O. The van der Waals surface area contributed by atoms with Crippen molar-refractivity contribution in [3.63, 3.8) is 0 Å². The fraction of sp³-hybridized carbons (Fsp3) is 0.833. The standard InChI is InChI=1S/C24H43ClIN5O/c1-19-4-5-24(11-21(19)15-29-18-32)30-8-2-3-23-13-26(23)12-20-6-9-31(10-7-20)17-28-16-22(25)14-27/h16,20,22-24,29-30,32H,2-11,13-15,17-18,27H2,1H3/t22?,23-,24-/m1/s1. The number of nitrogens with two attached hydrogens (primary N) is 1. The Morgan fingerprint density at radius 1 is 1.38 bits per heavy atom. The maximum atomic E-state index is 9.01. The van der Waals surface area contributed by atoms with Crippen molar-refractivity contribution in [2.75, 3.05) is 50.6 Å². The van der Waals surface area contributed by atoms with Gasteiger partial charge in [0.25, 0.3) is 0 Å². The minimum atomic E-state index is -0.855. The number of alkyl halides is 3. The molecule has 0 amide bonds. The van der Waals surface area contributed by atoms with Gasteiger partial charge in [-0.3, -0.25) is 15.2 Å². The van der Waals surface area contributed by atoms with E-state index in [1.165, 1.54) is 54.1 Å². The molecule has 2 aliphatic heterocycles. The lowest BCUT2D eigenvalue weighted by atomic mass is 9.89. The Balaban J connectivity index is 1.27. The van der Waals surface area contributed by atoms with E-state index in [4.69, 9.17) is 22.4 Å². The first-order valence-corrected chi connectivity index (χ1v) is 16.6. The first kappa shape index (κ1) is 26.6. The number of rotatable bonds is 12. The van der Waals surface area contributed by atoms with E-state index in [1.54, 1.807) is 6.21 Å². The van der Waals surface area contributed by atoms with Crippen LogP contribution >= 0.6 is 30.7 Å². The topological polar surface area (TPSA) is 85.9 Å². The van der Waals surface area contributed by atoms with Gasteiger partial charge in [-0.25, -0.2) is 0 Å². The molecule has 0 aromatic rings. The fourth-order valence-electron chi connectivity index (χ4n) is 4.58. The Morgan fingerprint density at radius 2 is 2.19 bits per heavy atom. The zero-order valence-corrected chi connectivity index (χ0v) is 22.6. The third-order valence-electron chi connectivity index (χ3n) is 6.80. The summed E-state index contributed by atoms with van der Waals surface area (Å²) in [6, 6.07) is 0.612. The summed E-state index contributed by atoms with van der Waals surface area (Å²) in [4.78, 5) is 6.85. The predicted octanol–water partition coefficient (Wildman–Crippen LogP) is 2.92. The number of aliphatic hydroxyl groups is 1. The summed E-state index contributed by atoms with van der Waals surface area (Å²) in [6.07, 6.45) is 10.6. The van der Waals surface area contributed by atoms with Crippen molar-refractivity contribution in [3.8, 4) is 3.81 Å². The summed E-state index contributed by atoms with van der Waals surface area (Å²) in [7, 11) is 0. The molecule has 1 unspecified atom stereocenters. The highest BCUT2D eigenvalue weighted by Crippen LogP contribution is 2.50. The van der Waals surface area contributed by atoms with E-state index < -0.39 is 19.1 Å². The SMILES string of the molecule is CC1=C(CNCO)C[C@H](NCCC[C@@H]2CI2#CC2CCN(CN=CC(Cl)CN)CC2)CC1. The minimum absolute atomic E-state index is 0.0632. The molecule has 2 heterocycles. The molecule has 0 bridgehead atoms. The Labute approximate surface area is 206 Å². The quantitative estimate of drug-likeness (QED) is 0.0714. The van der Waals surface area contributed by atoms with Crippen LogP contribution in [-0.2, 0) is 0 Å². The van der Waals surface area contributed by atoms with Gasteiger partial charge in [-0.15, -0.1) is 34.6 Å². The van der Waals surface area contributed by atoms with Gasteiger partial charge in [0.05, 0.1) is 18.8 Å². The first-order valence-electron chi connectivity index (χ1n) is 12.3. The van der Waals surface area contributed by atoms with Gasteiger partial charge < -0.3 is 16.2 Å². The second-order valence-electron chi connectivity index (χ2n) is 9.38. The second kappa shape index (κ2) is 14.4. The number of hydrogen-bond acceptors (Lipinski definition) is 6. The predicted molar refractivity (Wildman–Crippen MR) is 146 cm³/mol. The summed E-state index contributed by atoms with van der Waals surface area (Å²) in [5.74, 6) is 0.733. The average Bonchev–Trinajstić information content (AvgIpc) is 3.55. The van der Waals surface area contributed by atoms with Crippen molar-refractivity contribution in [2.24, 2.45) is 16.6 Å². The lowest BCUT2D eigenvalue weighted by Crippen LogP contribution is -2.34. The lowest BCUT2D eigenvalue weighted by molar-refractivity contribution is 0.213. The molecule has 1 aliphatic carbocycles. The molecule has 2 saturated heterocycles. The molecule has 0 spiro atoms. The Bertz CT molecular complexity index is 723. The second-order valence-corrected chi connectivity index (χ2v) is 15.5. The van der Waals surface area contributed by atoms with Crippen molar-refractivity contribution in [3.05, 3.63) is 11.1 Å². The number of allylic oxidation sites excluding steroid dienone is 1. The van der Waals surface area contributed by atoms with Crippen LogP contribution in [0.3, 0.4) is 0 Å². The molecule has 2 fully saturated rings. The zero-order chi connectivity index (χ0) is 22.8. The highest BCUT2D eigenvalue weighted by Gasteiger charge is 2.28. The molecule has 0 saturated carbocycles. The normalized spacial score (nSPS) is 26.6. The number of hydrogen-bond donors (Lipinski definition) is 4. The number of nitrogens with one attached hydrogen (secondary N) is 2. The van der Waals surface area contributed by atoms with E-state index in [0.29, 0.717) is 12.6 Å². The van der Waals surface area contributed by atoms with Crippen molar-refractivity contribution < 1.29 is 5.11 Å². The third kappa shape index (κ3) is 9.34. The van der Waals surface area contributed by atoms with E-state index in [0.717, 1.165) is 49.1 Å². The molecule has 32 heavy (non-hydrogen) atoms. The summed E-state index contributed by atoms with van der Waals surface area (Å²) >= 11 is 5.13. The molecule has 6 nitrogen and oxygen atoms in total. The average molecular weight is 580 g/mol. The molecular weight excluding hydrogens is 537 g/mol. The van der Waals surface area contributed by atoms with Crippen LogP contribution in [0, 0.1) is 9.73 Å². The summed E-state index contributed by atoms with van der Waals surface area (Å²) < 4.78 is 6.60. The van der Waals surface area contributed by atoms with Crippen LogP contribution in [0.4, 0.5) is 0 Å². The summed E-state index contributed by atoms with van der Waals surface area (Å²) in [5, 5.41) is 15.7. The van der Waals surface area contributed by atoms with Gasteiger partial charge in [-0.1, -0.05) is 11.1 Å². The van der Waals surface area contributed by atoms with Crippen molar-refractivity contribution in [1.29, 1.82) is 0 Å². The van der Waals surface area contributed by atoms with Crippen molar-refractivity contribution in [2.45, 2.75) is 67.2 Å². The van der Waals surface area contributed by atoms with Gasteiger partial charge in [0, 0.05) is 52.7 Å². The van der Waals surface area contributed by atoms with Crippen LogP contribution in [0.2, 0.25) is 0 Å². The van der Waals surface area contributed by atoms with Crippen LogP contribution in [0.25, 0.3) is 0 Å². The monoisotopic (exact) mass is 579 g/mol. The number of nitrogens with zero attached hydrogens (tertiary/aromatic N) is 2. The smallest absolute Gasteiger partial charge is 0.0934 e. The van der Waals surface area contributed by atoms with Gasteiger partial charge >= 0.3 is 0 Å². The number of aliphatic imine (C=N–C) groups is 1. The van der Waals surface area contributed by atoms with E-state index in [-0.39, 0.29) is 12.1 Å². The Hall–Kier alpha value is 0.01000. The van der Waals surface area contributed by atoms with Gasteiger partial charge in [0.15, 0.2) is 0 Å². The number of likely N-dealkylation sites (tertiary alicyclic amines) is 1. The summed E-state index contributed by atoms with van der Waals surface area (Å²) in [5.41, 5.74) is 8.51. The molecule has 184 valence electrons. The maximum Gasteiger partial charge on any atom is 0.0934 e. The number of aliphatic hydroxyl groups excluding tert-OH is 1. The van der Waals surface area contributed by atoms with Crippen molar-refractivity contribution in [1.82, 2.24) is 15.5 Å². The van der Waals surface area contributed by atoms with Crippen LogP contribution < -0.4 is 16.4 Å². The minimum Gasteiger partial charge on any atom is -0.381 e. The molecule has 3 atom stereocenters. The van der Waals surface area contributed by atoms with Crippen LogP contribution in [0.1, 0.15) is 51.9 Å². The molecule has 0 aromatic carbocycles. The highest BCUT2D eigenvalue weighted by molar-refractivity contribution is 14.2. The molecule has 0 aromatic heterocycles. The zero-order valence-electron chi connectivity index (χ0n) is 19.7. The van der Waals surface area contributed by atoms with Gasteiger partial charge in [-0.05, 0) is 58.4 Å². The molecule has 0 radical (unpaired) electrons. The van der Waals surface area contributed by atoms with E-state index in [1.807, 2.05) is 0 Å². The Morgan fingerprint density at radius 3 is 2.94 bits per heavy atom. The van der Waals surface area contributed by atoms with Gasteiger partial charge in [-0.2, -0.15) is 0 Å². The van der Waals surface area contributed by atoms with Gasteiger partial charge in [0.2, 0.25) is 0 Å². The third-order valence-corrected chi connectivity index (χ3v) is 12.8. The summed E-state index contributed by atoms with van der Waals surface area (Å²) in [6.45, 7) is 7.75. The van der Waals surface area contributed by atoms with Crippen molar-refractivity contribution >= 4 is 37.0 Å². The molecule has 3 aliphatic rings. The van der Waals surface area contributed by atoms with E-state index in [2.05, 4.69) is 31.3 Å². The molecule has 3 rings (SSSR count). The highest BCUT2D eigenvalue weighted by atomic mass is 127. The lowest BCUT2D eigenvalue weighted by Gasteiger charge is -2.28. The molecule has 5 N–H and O–H groups in total. The Kier molecular flexibility index (Phi) is 12.0. The van der Waals surface area contributed by atoms with Crippen LogP contribution in [0.15, 0.2) is 16.1 Å². The largest absolute Gasteiger partial charge is 0.381 e. The first-order chi connectivity index (χ1) is 15.6. The number of halogens is 2. The van der Waals surface area contributed by atoms with Gasteiger partial charge in [0.1, 0.15) is 0 Å².